The molecule has 0 amide bonds. The number of rotatable bonds is 6. The second-order valence-electron chi connectivity index (χ2n) is 7.18. The van der Waals surface area contributed by atoms with Crippen molar-refractivity contribution in [2.45, 2.75) is 89.3 Å². The Morgan fingerprint density at radius 2 is 1.63 bits per heavy atom. The molecule has 2 saturated carbocycles. The Balaban J connectivity index is 1.49. The largest absolute Gasteiger partial charge is 0.313 e. The Labute approximate surface area is 119 Å². The van der Waals surface area contributed by atoms with Gasteiger partial charge in [0, 0.05) is 24.7 Å². The summed E-state index contributed by atoms with van der Waals surface area (Å²) in [5, 5.41) is 3.70. The van der Waals surface area contributed by atoms with E-state index < -0.39 is 0 Å². The number of nitrogens with zero attached hydrogens (tertiary/aromatic N) is 1. The topological polar surface area (TPSA) is 15.3 Å². The molecule has 19 heavy (non-hydrogen) atoms. The van der Waals surface area contributed by atoms with Crippen molar-refractivity contribution in [1.82, 2.24) is 10.2 Å². The van der Waals surface area contributed by atoms with Crippen LogP contribution in [0.15, 0.2) is 0 Å². The minimum absolute atomic E-state index is 0.800. The lowest BCUT2D eigenvalue weighted by atomic mass is 9.82. The van der Waals surface area contributed by atoms with E-state index in [0.29, 0.717) is 0 Å². The van der Waals surface area contributed by atoms with E-state index >= 15 is 0 Å². The van der Waals surface area contributed by atoms with Crippen LogP contribution in [0.5, 0.6) is 0 Å². The molecule has 1 N–H and O–H groups in total. The molecular formula is C17H32N2. The van der Waals surface area contributed by atoms with Crippen LogP contribution in [0.3, 0.4) is 0 Å². The lowest BCUT2D eigenvalue weighted by molar-refractivity contribution is 0.116. The maximum atomic E-state index is 3.70. The first kappa shape index (κ1) is 13.9. The molecule has 2 aliphatic carbocycles. The van der Waals surface area contributed by atoms with Gasteiger partial charge in [-0.1, -0.05) is 19.8 Å². The summed E-state index contributed by atoms with van der Waals surface area (Å²) in [7, 11) is 0. The quantitative estimate of drug-likeness (QED) is 0.789. The van der Waals surface area contributed by atoms with Gasteiger partial charge in [0.05, 0.1) is 0 Å². The van der Waals surface area contributed by atoms with Gasteiger partial charge in [-0.05, 0) is 63.8 Å². The third-order valence-electron chi connectivity index (χ3n) is 5.59. The molecule has 110 valence electrons. The average Bonchev–Trinajstić information content (AvgIpc) is 3.15. The molecule has 1 aliphatic heterocycles. The predicted molar refractivity (Wildman–Crippen MR) is 81.4 cm³/mol. The van der Waals surface area contributed by atoms with Gasteiger partial charge in [-0.2, -0.15) is 0 Å². The summed E-state index contributed by atoms with van der Waals surface area (Å²) in [6, 6.07) is 2.67. The number of hydrogen-bond donors (Lipinski definition) is 1. The van der Waals surface area contributed by atoms with Crippen molar-refractivity contribution >= 4 is 0 Å². The number of nitrogens with one attached hydrogen (secondary N) is 1. The molecule has 0 bridgehead atoms. The minimum atomic E-state index is 0.800. The molecule has 1 atom stereocenters. The maximum absolute atomic E-state index is 3.70. The van der Waals surface area contributed by atoms with Gasteiger partial charge in [-0.15, -0.1) is 0 Å². The smallest absolute Gasteiger partial charge is 0.0195 e. The van der Waals surface area contributed by atoms with Crippen LogP contribution in [0, 0.1) is 5.92 Å². The van der Waals surface area contributed by atoms with Gasteiger partial charge < -0.3 is 5.32 Å². The van der Waals surface area contributed by atoms with Crippen molar-refractivity contribution in [3.8, 4) is 0 Å². The first-order chi connectivity index (χ1) is 9.36. The van der Waals surface area contributed by atoms with Crippen LogP contribution in [-0.2, 0) is 0 Å². The Morgan fingerprint density at radius 3 is 2.16 bits per heavy atom. The lowest BCUT2D eigenvalue weighted by Gasteiger charge is -2.38. The van der Waals surface area contributed by atoms with E-state index in [1.54, 1.807) is 0 Å². The van der Waals surface area contributed by atoms with E-state index in [4.69, 9.17) is 0 Å². The molecule has 1 unspecified atom stereocenters. The van der Waals surface area contributed by atoms with E-state index in [2.05, 4.69) is 17.1 Å². The molecule has 1 heterocycles. The van der Waals surface area contributed by atoms with E-state index in [1.807, 2.05) is 0 Å². The fourth-order valence-electron chi connectivity index (χ4n) is 4.34. The zero-order chi connectivity index (χ0) is 13.1. The predicted octanol–water partition coefficient (Wildman–Crippen LogP) is 3.56. The van der Waals surface area contributed by atoms with Crippen LogP contribution in [0.1, 0.15) is 71.1 Å². The molecule has 0 aromatic carbocycles. The SMILES string of the molecule is CCCC1CCC(N(CC2CCCN2)C2CC2)CC1. The lowest BCUT2D eigenvalue weighted by Crippen LogP contribution is -2.46. The molecule has 3 aliphatic rings. The third kappa shape index (κ3) is 3.72. The Hall–Kier alpha value is -0.0800. The highest BCUT2D eigenvalue weighted by atomic mass is 15.2. The molecule has 2 nitrogen and oxygen atoms in total. The number of hydrogen-bond acceptors (Lipinski definition) is 2. The minimum Gasteiger partial charge on any atom is -0.313 e. The zero-order valence-electron chi connectivity index (χ0n) is 12.7. The third-order valence-corrected chi connectivity index (χ3v) is 5.59. The molecule has 2 heteroatoms. The second-order valence-corrected chi connectivity index (χ2v) is 7.18. The van der Waals surface area contributed by atoms with Gasteiger partial charge in [0.15, 0.2) is 0 Å². The highest BCUT2D eigenvalue weighted by Crippen LogP contribution is 2.36. The van der Waals surface area contributed by atoms with Crippen molar-refractivity contribution in [3.05, 3.63) is 0 Å². The Bertz CT molecular complexity index is 260. The summed E-state index contributed by atoms with van der Waals surface area (Å²) in [5.41, 5.74) is 0. The molecule has 0 spiro atoms. The van der Waals surface area contributed by atoms with Gasteiger partial charge >= 0.3 is 0 Å². The van der Waals surface area contributed by atoms with Crippen molar-refractivity contribution in [3.63, 3.8) is 0 Å². The fraction of sp³-hybridized carbons (Fsp3) is 1.00. The van der Waals surface area contributed by atoms with Crippen molar-refractivity contribution in [1.29, 1.82) is 0 Å². The van der Waals surface area contributed by atoms with Crippen molar-refractivity contribution in [2.24, 2.45) is 5.92 Å². The van der Waals surface area contributed by atoms with Crippen LogP contribution >= 0.6 is 0 Å². The standard InChI is InChI=1S/C17H32N2/c1-2-4-14-6-8-16(9-7-14)19(17-10-11-17)13-15-5-3-12-18-15/h14-18H,2-13H2,1H3. The van der Waals surface area contributed by atoms with Crippen LogP contribution in [0.4, 0.5) is 0 Å². The summed E-state index contributed by atoms with van der Waals surface area (Å²) >= 11 is 0. The van der Waals surface area contributed by atoms with Gasteiger partial charge in [-0.25, -0.2) is 0 Å². The highest BCUT2D eigenvalue weighted by molar-refractivity contribution is 4.93. The van der Waals surface area contributed by atoms with E-state index in [0.717, 1.165) is 24.0 Å². The monoisotopic (exact) mass is 264 g/mol. The van der Waals surface area contributed by atoms with Gasteiger partial charge in [0.2, 0.25) is 0 Å². The summed E-state index contributed by atoms with van der Waals surface area (Å²) in [6.45, 7) is 4.94. The maximum Gasteiger partial charge on any atom is 0.0195 e. The summed E-state index contributed by atoms with van der Waals surface area (Å²) < 4.78 is 0. The van der Waals surface area contributed by atoms with Crippen LogP contribution < -0.4 is 5.32 Å². The van der Waals surface area contributed by atoms with Crippen LogP contribution in [-0.4, -0.2) is 36.1 Å². The van der Waals surface area contributed by atoms with E-state index in [-0.39, 0.29) is 0 Å². The first-order valence-electron chi connectivity index (χ1n) is 8.86. The molecule has 0 aromatic heterocycles. The molecule has 0 aromatic rings. The summed E-state index contributed by atoms with van der Waals surface area (Å²) in [5.74, 6) is 1.05. The van der Waals surface area contributed by atoms with E-state index in [9.17, 15) is 0 Å². The Kier molecular flexibility index (Phi) is 4.81. The highest BCUT2D eigenvalue weighted by Gasteiger charge is 2.37. The molecular weight excluding hydrogens is 232 g/mol. The molecule has 3 fully saturated rings. The van der Waals surface area contributed by atoms with E-state index in [1.165, 1.54) is 77.3 Å². The molecule has 0 radical (unpaired) electrons. The van der Waals surface area contributed by atoms with Gasteiger partial charge in [0.25, 0.3) is 0 Å². The zero-order valence-corrected chi connectivity index (χ0v) is 12.7. The van der Waals surface area contributed by atoms with Gasteiger partial charge in [-0.3, -0.25) is 4.90 Å². The molecule has 3 rings (SSSR count). The summed E-state index contributed by atoms with van der Waals surface area (Å²) in [4.78, 5) is 2.91. The van der Waals surface area contributed by atoms with Gasteiger partial charge in [0.1, 0.15) is 0 Å². The van der Waals surface area contributed by atoms with Crippen LogP contribution in [0.25, 0.3) is 0 Å². The second kappa shape index (κ2) is 6.58. The van der Waals surface area contributed by atoms with Crippen LogP contribution in [0.2, 0.25) is 0 Å². The normalized spacial score (nSPS) is 36.0. The average molecular weight is 264 g/mol. The van der Waals surface area contributed by atoms with Crippen molar-refractivity contribution in [2.75, 3.05) is 13.1 Å². The fourth-order valence-corrected chi connectivity index (χ4v) is 4.34. The summed E-state index contributed by atoms with van der Waals surface area (Å²) in [6.07, 6.45) is 14.6. The first-order valence-corrected chi connectivity index (χ1v) is 8.86. The Morgan fingerprint density at radius 1 is 0.947 bits per heavy atom. The molecule has 1 saturated heterocycles. The van der Waals surface area contributed by atoms with Crippen molar-refractivity contribution < 1.29 is 0 Å².